The van der Waals surface area contributed by atoms with E-state index in [-0.39, 0.29) is 5.91 Å². The van der Waals surface area contributed by atoms with E-state index in [1.807, 2.05) is 47.5 Å². The molecule has 0 aliphatic carbocycles. The van der Waals surface area contributed by atoms with Crippen LogP contribution >= 0.6 is 23.2 Å². The maximum atomic E-state index is 12.9. The number of carbonyl (C=O) groups is 1. The molecule has 5 heteroatoms. The van der Waals surface area contributed by atoms with Gasteiger partial charge in [0.25, 0.3) is 5.91 Å². The maximum absolute atomic E-state index is 12.9. The van der Waals surface area contributed by atoms with Crippen LogP contribution in [0.3, 0.4) is 0 Å². The summed E-state index contributed by atoms with van der Waals surface area (Å²) in [5, 5.41) is 1.21. The summed E-state index contributed by atoms with van der Waals surface area (Å²) in [7, 11) is 0. The molecule has 0 fully saturated rings. The molecule has 2 heterocycles. The minimum atomic E-state index is -0.0188. The summed E-state index contributed by atoms with van der Waals surface area (Å²) in [4.78, 5) is 18.9. The Balaban J connectivity index is 1.49. The van der Waals surface area contributed by atoms with Crippen molar-refractivity contribution in [1.82, 2.24) is 9.88 Å². The van der Waals surface area contributed by atoms with Crippen molar-refractivity contribution in [2.75, 3.05) is 0 Å². The lowest BCUT2D eigenvalue weighted by Gasteiger charge is -2.15. The lowest BCUT2D eigenvalue weighted by molar-refractivity contribution is 0.0767. The second-order valence-electron chi connectivity index (χ2n) is 7.57. The molecule has 0 unspecified atom stereocenters. The van der Waals surface area contributed by atoms with E-state index in [0.717, 1.165) is 35.1 Å². The van der Waals surface area contributed by atoms with Crippen LogP contribution in [0.4, 0.5) is 0 Å². The zero-order chi connectivity index (χ0) is 21.1. The molecule has 3 nitrogen and oxygen atoms in total. The van der Waals surface area contributed by atoms with Crippen molar-refractivity contribution < 1.29 is 4.79 Å². The number of halogens is 2. The van der Waals surface area contributed by atoms with Gasteiger partial charge in [-0.05, 0) is 77.9 Å². The summed E-state index contributed by atoms with van der Waals surface area (Å²) in [5.41, 5.74) is 6.09. The molecule has 4 rings (SSSR count). The highest BCUT2D eigenvalue weighted by atomic mass is 35.5. The summed E-state index contributed by atoms with van der Waals surface area (Å²) in [6, 6.07) is 15.6. The van der Waals surface area contributed by atoms with Crippen LogP contribution in [0.1, 0.15) is 46.0 Å². The Bertz CT molecular complexity index is 1090. The molecule has 0 radical (unpaired) electrons. The Kier molecular flexibility index (Phi) is 6.21. The third kappa shape index (κ3) is 4.58. The van der Waals surface area contributed by atoms with Crippen molar-refractivity contribution in [2.24, 2.45) is 0 Å². The minimum Gasteiger partial charge on any atom is -0.330 e. The van der Waals surface area contributed by atoms with E-state index in [2.05, 4.69) is 30.1 Å². The number of rotatable bonds is 6. The van der Waals surface area contributed by atoms with Gasteiger partial charge in [-0.2, -0.15) is 0 Å². The second-order valence-corrected chi connectivity index (χ2v) is 8.41. The fourth-order valence-corrected chi connectivity index (χ4v) is 4.19. The van der Waals surface area contributed by atoms with Gasteiger partial charge in [-0.15, -0.1) is 0 Å². The van der Waals surface area contributed by atoms with Gasteiger partial charge in [0.1, 0.15) is 0 Å². The Labute approximate surface area is 187 Å². The molecule has 1 aromatic heterocycles. The number of aromatic nitrogens is 1. The molecule has 1 amide bonds. The number of aryl methyl sites for hydroxylation is 1. The van der Waals surface area contributed by atoms with Gasteiger partial charge in [-0.3, -0.25) is 9.78 Å². The van der Waals surface area contributed by atoms with Crippen molar-refractivity contribution in [3.05, 3.63) is 105 Å². The highest BCUT2D eigenvalue weighted by Gasteiger charge is 2.30. The molecule has 0 saturated carbocycles. The molecule has 0 spiro atoms. The quantitative estimate of drug-likeness (QED) is 0.436. The van der Waals surface area contributed by atoms with Gasteiger partial charge >= 0.3 is 0 Å². The number of nitrogens with zero attached hydrogens (tertiary/aromatic N) is 2. The highest BCUT2D eigenvalue weighted by molar-refractivity contribution is 6.34. The summed E-state index contributed by atoms with van der Waals surface area (Å²) in [6.45, 7) is 3.19. The Morgan fingerprint density at radius 2 is 1.93 bits per heavy atom. The molecular weight excluding hydrogens is 415 g/mol. The first-order chi connectivity index (χ1) is 14.5. The predicted octanol–water partition coefficient (Wildman–Crippen LogP) is 6.58. The van der Waals surface area contributed by atoms with E-state index >= 15 is 0 Å². The molecule has 0 bridgehead atoms. The van der Waals surface area contributed by atoms with E-state index in [4.69, 9.17) is 23.2 Å². The van der Waals surface area contributed by atoms with Crippen LogP contribution < -0.4 is 0 Å². The molecule has 2 aromatic carbocycles. The summed E-state index contributed by atoms with van der Waals surface area (Å²) >= 11 is 12.5. The fourth-order valence-electron chi connectivity index (χ4n) is 3.75. The van der Waals surface area contributed by atoms with Crippen molar-refractivity contribution in [1.29, 1.82) is 0 Å². The molecule has 3 aromatic rings. The van der Waals surface area contributed by atoms with Crippen molar-refractivity contribution in [3.63, 3.8) is 0 Å². The number of hydrogen-bond donors (Lipinski definition) is 0. The minimum absolute atomic E-state index is 0.0188. The zero-order valence-corrected chi connectivity index (χ0v) is 18.2. The number of fused-ring (bicyclic) bond motifs is 1. The molecule has 30 heavy (non-hydrogen) atoms. The number of carbonyl (C=O) groups excluding carboxylic acids is 1. The Morgan fingerprint density at radius 3 is 2.67 bits per heavy atom. The average Bonchev–Trinajstić information content (AvgIpc) is 3.06. The summed E-state index contributed by atoms with van der Waals surface area (Å²) in [6.07, 6.45) is 7.77. The average molecular weight is 437 g/mol. The van der Waals surface area contributed by atoms with Gasteiger partial charge in [0.15, 0.2) is 0 Å². The van der Waals surface area contributed by atoms with E-state index in [1.54, 1.807) is 6.20 Å². The number of hydrogen-bond acceptors (Lipinski definition) is 2. The summed E-state index contributed by atoms with van der Waals surface area (Å²) in [5.74, 6) is -0.0188. The maximum Gasteiger partial charge on any atom is 0.256 e. The van der Waals surface area contributed by atoms with Crippen LogP contribution in [0.2, 0.25) is 10.0 Å². The third-order valence-corrected chi connectivity index (χ3v) is 5.93. The Morgan fingerprint density at radius 1 is 1.13 bits per heavy atom. The van der Waals surface area contributed by atoms with Crippen LogP contribution in [0, 0.1) is 0 Å². The third-order valence-electron chi connectivity index (χ3n) is 5.38. The van der Waals surface area contributed by atoms with Gasteiger partial charge in [-0.1, -0.05) is 47.5 Å². The molecule has 0 atom stereocenters. The van der Waals surface area contributed by atoms with E-state index in [1.165, 1.54) is 5.56 Å². The second kappa shape index (κ2) is 9.03. The smallest absolute Gasteiger partial charge is 0.256 e. The largest absolute Gasteiger partial charge is 0.330 e. The standard InChI is InChI=1S/C25H22Cl2N2O/c1-17(4-2-5-18-6-3-11-28-14-18)20-12-21-16-29(25(30)24(21)23(27)13-20)15-19-7-9-22(26)10-8-19/h3-4,6-14H,2,5,15-16H2,1H3/b17-4+. The Hall–Kier alpha value is -2.62. The molecule has 152 valence electrons. The normalized spacial score (nSPS) is 13.6. The predicted molar refractivity (Wildman–Crippen MR) is 123 cm³/mol. The molecule has 0 saturated heterocycles. The van der Waals surface area contributed by atoms with Gasteiger partial charge in [0.2, 0.25) is 0 Å². The number of pyridine rings is 1. The zero-order valence-electron chi connectivity index (χ0n) is 16.7. The van der Waals surface area contributed by atoms with Crippen LogP contribution in [0.5, 0.6) is 0 Å². The topological polar surface area (TPSA) is 33.2 Å². The fraction of sp³-hybridized carbons (Fsp3) is 0.200. The number of benzene rings is 2. The number of amides is 1. The lowest BCUT2D eigenvalue weighted by atomic mass is 10.00. The van der Waals surface area contributed by atoms with Crippen molar-refractivity contribution in [2.45, 2.75) is 32.9 Å². The molecule has 0 N–H and O–H groups in total. The van der Waals surface area contributed by atoms with E-state index < -0.39 is 0 Å². The van der Waals surface area contributed by atoms with Crippen molar-refractivity contribution in [3.8, 4) is 0 Å². The van der Waals surface area contributed by atoms with Gasteiger partial charge in [0.05, 0.1) is 10.6 Å². The van der Waals surface area contributed by atoms with Crippen molar-refractivity contribution >= 4 is 34.7 Å². The van der Waals surface area contributed by atoms with Gasteiger partial charge in [0, 0.05) is 30.5 Å². The first-order valence-corrected chi connectivity index (χ1v) is 10.7. The van der Waals surface area contributed by atoms with Crippen LogP contribution in [0.25, 0.3) is 5.57 Å². The van der Waals surface area contributed by atoms with Crippen LogP contribution in [-0.2, 0) is 19.5 Å². The van der Waals surface area contributed by atoms with E-state index in [0.29, 0.717) is 28.7 Å². The highest BCUT2D eigenvalue weighted by Crippen LogP contribution is 2.33. The monoisotopic (exact) mass is 436 g/mol. The van der Waals surface area contributed by atoms with Crippen LogP contribution in [0.15, 0.2) is 67.0 Å². The van der Waals surface area contributed by atoms with Gasteiger partial charge in [-0.25, -0.2) is 0 Å². The number of allylic oxidation sites excluding steroid dienone is 2. The molecule has 1 aliphatic heterocycles. The lowest BCUT2D eigenvalue weighted by Crippen LogP contribution is -2.23. The molecular formula is C25H22Cl2N2O. The SMILES string of the molecule is C/C(=C\CCc1cccnc1)c1cc(Cl)c2c(c1)CN(Cc1ccc(Cl)cc1)C2=O. The first kappa shape index (κ1) is 20.6. The van der Waals surface area contributed by atoms with E-state index in [9.17, 15) is 4.79 Å². The first-order valence-electron chi connectivity index (χ1n) is 9.93. The molecule has 1 aliphatic rings. The summed E-state index contributed by atoms with van der Waals surface area (Å²) < 4.78 is 0. The van der Waals surface area contributed by atoms with Crippen LogP contribution in [-0.4, -0.2) is 15.8 Å². The van der Waals surface area contributed by atoms with Gasteiger partial charge < -0.3 is 4.90 Å².